The Morgan fingerprint density at radius 3 is 2.51 bits per heavy atom. The maximum Gasteiger partial charge on any atom is 0.416 e. The highest BCUT2D eigenvalue weighted by molar-refractivity contribution is 7.62. The number of pyridine rings is 1. The first kappa shape index (κ1) is 32.2. The molecule has 1 fully saturated rings. The average Bonchev–Trinajstić information content (AvgIpc) is 2.97. The molecule has 0 unspecified atom stereocenters. The molecule has 9 nitrogen and oxygen atoms in total. The van der Waals surface area contributed by atoms with E-state index in [1.54, 1.807) is 37.6 Å². The van der Waals surface area contributed by atoms with Crippen LogP contribution in [-0.4, -0.2) is 72.6 Å². The highest BCUT2D eigenvalue weighted by atomic mass is 31.2. The van der Waals surface area contributed by atoms with Crippen molar-refractivity contribution in [1.29, 1.82) is 0 Å². The first-order chi connectivity index (χ1) is 21.2. The number of amides is 2. The summed E-state index contributed by atoms with van der Waals surface area (Å²) in [6.45, 7) is 7.93. The average molecular weight is 640 g/mol. The van der Waals surface area contributed by atoms with Crippen LogP contribution in [0.2, 0.25) is 0 Å². The topological polar surface area (TPSA) is 104 Å². The van der Waals surface area contributed by atoms with E-state index in [1.165, 1.54) is 18.3 Å². The lowest BCUT2D eigenvalue weighted by Crippen LogP contribution is -2.46. The van der Waals surface area contributed by atoms with E-state index in [0.717, 1.165) is 11.6 Å². The number of carbonyl (C=O) groups is 2. The Morgan fingerprint density at radius 1 is 1.07 bits per heavy atom. The number of hydrogen-bond donors (Lipinski definition) is 2. The second kappa shape index (κ2) is 13.1. The van der Waals surface area contributed by atoms with Crippen molar-refractivity contribution in [2.45, 2.75) is 26.3 Å². The van der Waals surface area contributed by atoms with Crippen LogP contribution in [0.1, 0.15) is 43.7 Å². The normalized spacial score (nSPS) is 15.7. The van der Waals surface area contributed by atoms with Crippen molar-refractivity contribution < 1.29 is 32.1 Å². The van der Waals surface area contributed by atoms with E-state index >= 15 is 0 Å². The Morgan fingerprint density at radius 2 is 1.80 bits per heavy atom. The molecule has 0 spiro atoms. The minimum absolute atomic E-state index is 0.0326. The van der Waals surface area contributed by atoms with E-state index in [1.807, 2.05) is 11.8 Å². The number of benzene rings is 2. The summed E-state index contributed by atoms with van der Waals surface area (Å²) in [5, 5.41) is 5.11. The molecular formula is C32H33F3N5O4P. The lowest BCUT2D eigenvalue weighted by atomic mass is 10.0. The summed E-state index contributed by atoms with van der Waals surface area (Å²) in [4.78, 5) is 32.7. The molecule has 0 saturated carbocycles. The van der Waals surface area contributed by atoms with Crippen molar-refractivity contribution in [2.24, 2.45) is 0 Å². The van der Waals surface area contributed by atoms with Crippen molar-refractivity contribution in [3.05, 3.63) is 87.6 Å². The summed E-state index contributed by atoms with van der Waals surface area (Å²) >= 11 is 0. The molecule has 13 heteroatoms. The molecule has 0 bridgehead atoms. The highest BCUT2D eigenvalue weighted by Gasteiger charge is 2.34. The Kier molecular flexibility index (Phi) is 9.35. The molecule has 1 aromatic heterocycles. The molecule has 2 N–H and O–H groups in total. The molecule has 3 aromatic rings. The van der Waals surface area contributed by atoms with Crippen LogP contribution < -0.4 is 10.6 Å². The van der Waals surface area contributed by atoms with Gasteiger partial charge in [-0.3, -0.25) is 19.9 Å². The zero-order valence-electron chi connectivity index (χ0n) is 25.1. The summed E-state index contributed by atoms with van der Waals surface area (Å²) in [5.41, 5.74) is 2.24. The Labute approximate surface area is 259 Å². The number of nitrogens with zero attached hydrogens (tertiary/aromatic N) is 3. The zero-order valence-corrected chi connectivity index (χ0v) is 26.0. The fourth-order valence-electron chi connectivity index (χ4n) is 5.19. The maximum absolute atomic E-state index is 14.1. The van der Waals surface area contributed by atoms with Crippen LogP contribution in [0.4, 0.5) is 29.5 Å². The van der Waals surface area contributed by atoms with Gasteiger partial charge < -0.3 is 14.6 Å². The third-order valence-corrected chi connectivity index (χ3v) is 8.54. The van der Waals surface area contributed by atoms with Crippen molar-refractivity contribution in [1.82, 2.24) is 14.8 Å². The summed E-state index contributed by atoms with van der Waals surface area (Å²) in [6, 6.07) is 10.5. The van der Waals surface area contributed by atoms with Crippen molar-refractivity contribution >= 4 is 30.6 Å². The van der Waals surface area contributed by atoms with Gasteiger partial charge in [-0.1, -0.05) is 24.0 Å². The van der Waals surface area contributed by atoms with Gasteiger partial charge in [0.05, 0.1) is 19.0 Å². The van der Waals surface area contributed by atoms with E-state index in [9.17, 15) is 27.3 Å². The number of aryl methyl sites for hydroxylation is 1. The van der Waals surface area contributed by atoms with E-state index < -0.39 is 30.9 Å². The Balaban J connectivity index is 1.28. The van der Waals surface area contributed by atoms with Gasteiger partial charge in [0, 0.05) is 66.9 Å². The molecule has 45 heavy (non-hydrogen) atoms. The standard InChI is InChI=1S/C32H33F3N5O4P/c1-21-4-6-24(15-23(21)7-5-22-14-26-19-44-31(42)38-29(26)36-17-22)30(41)37-27-9-8-25(28(16-27)32(33,34)35)18-39-10-12-40(13-11-39)20-45(2,3)43/h4,6,8-9,14-17H,10-13,18-20H2,1-3H3,(H,37,41)(H,36,38,42). The van der Waals surface area contributed by atoms with E-state index in [4.69, 9.17) is 4.74 Å². The number of nitrogens with one attached hydrogen (secondary N) is 2. The largest absolute Gasteiger partial charge is 0.444 e. The number of hydrogen-bond acceptors (Lipinski definition) is 7. The summed E-state index contributed by atoms with van der Waals surface area (Å²) in [6.07, 6.45) is -3.16. The van der Waals surface area contributed by atoms with Gasteiger partial charge >= 0.3 is 12.3 Å². The number of carbonyl (C=O) groups excluding carboxylic acids is 2. The quantitative estimate of drug-likeness (QED) is 0.259. The number of alkyl halides is 3. The summed E-state index contributed by atoms with van der Waals surface area (Å²) in [5.74, 6) is 5.87. The molecule has 2 aliphatic rings. The molecule has 0 radical (unpaired) electrons. The van der Waals surface area contributed by atoms with Gasteiger partial charge in [-0.15, -0.1) is 0 Å². The molecule has 1 saturated heterocycles. The molecule has 0 atom stereocenters. The molecule has 2 aromatic carbocycles. The zero-order chi connectivity index (χ0) is 32.4. The smallest absolute Gasteiger partial charge is 0.416 e. The molecule has 3 heterocycles. The lowest BCUT2D eigenvalue weighted by molar-refractivity contribution is -0.138. The molecule has 0 aliphatic carbocycles. The fourth-order valence-corrected chi connectivity index (χ4v) is 6.43. The Bertz CT molecular complexity index is 1740. The van der Waals surface area contributed by atoms with Crippen LogP contribution in [0.25, 0.3) is 0 Å². The van der Waals surface area contributed by atoms with Gasteiger partial charge in [0.25, 0.3) is 5.91 Å². The van der Waals surface area contributed by atoms with Crippen LogP contribution in [-0.2, 0) is 28.6 Å². The van der Waals surface area contributed by atoms with Crippen LogP contribution in [0, 0.1) is 18.8 Å². The third kappa shape index (κ3) is 8.51. The fraction of sp³-hybridized carbons (Fsp3) is 0.344. The number of piperazine rings is 1. The first-order valence-corrected chi connectivity index (χ1v) is 17.1. The van der Waals surface area contributed by atoms with E-state index in [2.05, 4.69) is 32.4 Å². The minimum atomic E-state index is -4.61. The van der Waals surface area contributed by atoms with Gasteiger partial charge in [-0.25, -0.2) is 9.78 Å². The second-order valence-corrected chi connectivity index (χ2v) is 15.1. The number of aromatic nitrogens is 1. The van der Waals surface area contributed by atoms with Gasteiger partial charge in [0.15, 0.2) is 0 Å². The molecular weight excluding hydrogens is 606 g/mol. The number of halogens is 3. The number of fused-ring (bicyclic) bond motifs is 1. The first-order valence-electron chi connectivity index (χ1n) is 14.3. The van der Waals surface area contributed by atoms with Crippen LogP contribution in [0.15, 0.2) is 48.7 Å². The van der Waals surface area contributed by atoms with Crippen molar-refractivity contribution in [3.8, 4) is 11.8 Å². The predicted octanol–water partition coefficient (Wildman–Crippen LogP) is 5.82. The second-order valence-electron chi connectivity index (χ2n) is 11.6. The maximum atomic E-state index is 14.1. The van der Waals surface area contributed by atoms with Crippen LogP contribution >= 0.6 is 7.14 Å². The van der Waals surface area contributed by atoms with Gasteiger partial charge in [0.1, 0.15) is 12.4 Å². The van der Waals surface area contributed by atoms with Gasteiger partial charge in [-0.05, 0) is 61.7 Å². The number of ether oxygens (including phenoxy) is 1. The lowest BCUT2D eigenvalue weighted by Gasteiger charge is -2.35. The predicted molar refractivity (Wildman–Crippen MR) is 166 cm³/mol. The van der Waals surface area contributed by atoms with Crippen molar-refractivity contribution in [3.63, 3.8) is 0 Å². The molecule has 236 valence electrons. The van der Waals surface area contributed by atoms with Crippen LogP contribution in [0.5, 0.6) is 0 Å². The third-order valence-electron chi connectivity index (χ3n) is 7.46. The monoisotopic (exact) mass is 639 g/mol. The van der Waals surface area contributed by atoms with E-state index in [0.29, 0.717) is 55.0 Å². The number of anilines is 2. The van der Waals surface area contributed by atoms with Gasteiger partial charge in [0.2, 0.25) is 0 Å². The molecule has 5 rings (SSSR count). The summed E-state index contributed by atoms with van der Waals surface area (Å²) in [7, 11) is -2.22. The summed E-state index contributed by atoms with van der Waals surface area (Å²) < 4.78 is 59.4. The number of cyclic esters (lactones) is 1. The Hall–Kier alpha value is -4.17. The van der Waals surface area contributed by atoms with E-state index in [-0.39, 0.29) is 30.0 Å². The minimum Gasteiger partial charge on any atom is -0.444 e. The van der Waals surface area contributed by atoms with Gasteiger partial charge in [-0.2, -0.15) is 13.2 Å². The molecule has 2 amide bonds. The highest BCUT2D eigenvalue weighted by Crippen LogP contribution is 2.37. The molecule has 2 aliphatic heterocycles. The SMILES string of the molecule is Cc1ccc(C(=O)Nc2ccc(CN3CCN(CP(C)(C)=O)CC3)c(C(F)(F)F)c2)cc1C#Cc1cnc2c(c1)COC(=O)N2. The van der Waals surface area contributed by atoms with Crippen molar-refractivity contribution in [2.75, 3.05) is 56.4 Å². The van der Waals surface area contributed by atoms with Crippen LogP contribution in [0.3, 0.4) is 0 Å². The number of rotatable bonds is 6.